The molecule has 4 atom stereocenters. The van der Waals surface area contributed by atoms with Gasteiger partial charge in [-0.25, -0.2) is 4.79 Å². The number of nitrogens with one attached hydrogen (secondary N) is 3. The monoisotopic (exact) mass is 437 g/mol. The van der Waals surface area contributed by atoms with Crippen molar-refractivity contribution in [3.63, 3.8) is 0 Å². The molecule has 0 saturated heterocycles. The SMILES string of the molecule is CC(NC(=O)C(CC(N)=O)NC(=O)C(N)CO)C(=O)NC(Cc1ccccc1)C(=O)O. The molecule has 4 amide bonds. The molecular formula is C19H27N5O7. The zero-order chi connectivity index (χ0) is 23.6. The van der Waals surface area contributed by atoms with Crippen LogP contribution in [0, 0.1) is 0 Å². The summed E-state index contributed by atoms with van der Waals surface area (Å²) in [4.78, 5) is 59.3. The number of aliphatic carboxylic acids is 1. The average Bonchev–Trinajstić information content (AvgIpc) is 2.72. The van der Waals surface area contributed by atoms with Crippen LogP contribution in [0.15, 0.2) is 30.3 Å². The standard InChI is InChI=1S/C19H27N5O7/c1-10(16(27)24-14(19(30)31)7-11-5-3-2-4-6-11)22-18(29)13(8-15(21)26)23-17(28)12(20)9-25/h2-6,10,12-14,25H,7-9,20H2,1H3,(H2,21,26)(H,22,29)(H,23,28)(H,24,27)(H,30,31). The lowest BCUT2D eigenvalue weighted by atomic mass is 10.1. The number of hydrogen-bond acceptors (Lipinski definition) is 7. The highest BCUT2D eigenvalue weighted by Crippen LogP contribution is 2.04. The van der Waals surface area contributed by atoms with Crippen LogP contribution in [-0.4, -0.2) is 70.6 Å². The zero-order valence-electron chi connectivity index (χ0n) is 16.9. The van der Waals surface area contributed by atoms with Gasteiger partial charge in [-0.15, -0.1) is 0 Å². The van der Waals surface area contributed by atoms with Crippen LogP contribution in [0.1, 0.15) is 18.9 Å². The molecular weight excluding hydrogens is 410 g/mol. The first-order chi connectivity index (χ1) is 14.5. The lowest BCUT2D eigenvalue weighted by Gasteiger charge is -2.22. The average molecular weight is 437 g/mol. The summed E-state index contributed by atoms with van der Waals surface area (Å²) >= 11 is 0. The predicted molar refractivity (Wildman–Crippen MR) is 108 cm³/mol. The number of carboxylic acids is 1. The number of carbonyl (C=O) groups excluding carboxylic acids is 4. The summed E-state index contributed by atoms with van der Waals surface area (Å²) in [6.07, 6.45) is -0.544. The number of amides is 4. The summed E-state index contributed by atoms with van der Waals surface area (Å²) < 4.78 is 0. The summed E-state index contributed by atoms with van der Waals surface area (Å²) in [5, 5.41) is 25.1. The number of carbonyl (C=O) groups is 5. The second-order valence-corrected chi connectivity index (χ2v) is 6.84. The predicted octanol–water partition coefficient (Wildman–Crippen LogP) is -3.02. The van der Waals surface area contributed by atoms with Crippen molar-refractivity contribution < 1.29 is 34.2 Å². The van der Waals surface area contributed by atoms with Crippen LogP contribution in [0.25, 0.3) is 0 Å². The van der Waals surface area contributed by atoms with Gasteiger partial charge in [-0.05, 0) is 12.5 Å². The Morgan fingerprint density at radius 2 is 1.52 bits per heavy atom. The van der Waals surface area contributed by atoms with E-state index in [1.54, 1.807) is 30.3 Å². The van der Waals surface area contributed by atoms with Gasteiger partial charge in [0.15, 0.2) is 0 Å². The van der Waals surface area contributed by atoms with Crippen molar-refractivity contribution in [2.45, 2.75) is 43.9 Å². The minimum absolute atomic E-state index is 0.0297. The van der Waals surface area contributed by atoms with Gasteiger partial charge < -0.3 is 37.6 Å². The number of carboxylic acid groups (broad SMARTS) is 1. The molecule has 0 aliphatic carbocycles. The van der Waals surface area contributed by atoms with Crippen LogP contribution in [0.2, 0.25) is 0 Å². The summed E-state index contributed by atoms with van der Waals surface area (Å²) in [6, 6.07) is 3.47. The molecule has 0 bridgehead atoms. The minimum Gasteiger partial charge on any atom is -0.480 e. The molecule has 0 aromatic heterocycles. The molecule has 31 heavy (non-hydrogen) atoms. The molecule has 0 aliphatic heterocycles. The Morgan fingerprint density at radius 1 is 0.935 bits per heavy atom. The molecule has 4 unspecified atom stereocenters. The summed E-state index contributed by atoms with van der Waals surface area (Å²) in [7, 11) is 0. The van der Waals surface area contributed by atoms with Gasteiger partial charge in [0.1, 0.15) is 24.2 Å². The Labute approximate surface area is 178 Å². The summed E-state index contributed by atoms with van der Waals surface area (Å²) in [5.41, 5.74) is 11.1. The molecule has 12 nitrogen and oxygen atoms in total. The first-order valence-electron chi connectivity index (χ1n) is 9.37. The highest BCUT2D eigenvalue weighted by molar-refractivity contribution is 5.96. The maximum Gasteiger partial charge on any atom is 0.326 e. The van der Waals surface area contributed by atoms with Crippen LogP contribution in [-0.2, 0) is 30.4 Å². The van der Waals surface area contributed by atoms with Crippen LogP contribution >= 0.6 is 0 Å². The van der Waals surface area contributed by atoms with Gasteiger partial charge in [0.2, 0.25) is 23.6 Å². The molecule has 0 spiro atoms. The van der Waals surface area contributed by atoms with E-state index in [9.17, 15) is 29.1 Å². The number of aliphatic hydroxyl groups excluding tert-OH is 1. The highest BCUT2D eigenvalue weighted by atomic mass is 16.4. The van der Waals surface area contributed by atoms with Gasteiger partial charge in [-0.1, -0.05) is 30.3 Å². The lowest BCUT2D eigenvalue weighted by Crippen LogP contribution is -2.57. The Bertz CT molecular complexity index is 802. The molecule has 0 heterocycles. The fourth-order valence-corrected chi connectivity index (χ4v) is 2.50. The third-order valence-electron chi connectivity index (χ3n) is 4.22. The molecule has 12 heteroatoms. The van der Waals surface area contributed by atoms with Crippen LogP contribution in [0.5, 0.6) is 0 Å². The topological polar surface area (TPSA) is 214 Å². The van der Waals surface area contributed by atoms with Gasteiger partial charge in [0, 0.05) is 6.42 Å². The van der Waals surface area contributed by atoms with Gasteiger partial charge >= 0.3 is 5.97 Å². The molecule has 0 radical (unpaired) electrons. The highest BCUT2D eigenvalue weighted by Gasteiger charge is 2.29. The van der Waals surface area contributed by atoms with E-state index in [1.807, 2.05) is 0 Å². The lowest BCUT2D eigenvalue weighted by molar-refractivity contribution is -0.142. The first kappa shape index (κ1) is 25.5. The van der Waals surface area contributed by atoms with Crippen molar-refractivity contribution in [2.75, 3.05) is 6.61 Å². The maximum absolute atomic E-state index is 12.4. The van der Waals surface area contributed by atoms with Crippen molar-refractivity contribution in [1.82, 2.24) is 16.0 Å². The van der Waals surface area contributed by atoms with E-state index in [-0.39, 0.29) is 6.42 Å². The van der Waals surface area contributed by atoms with E-state index in [4.69, 9.17) is 16.6 Å². The van der Waals surface area contributed by atoms with Gasteiger partial charge in [0.25, 0.3) is 0 Å². The van der Waals surface area contributed by atoms with E-state index in [0.717, 1.165) is 0 Å². The van der Waals surface area contributed by atoms with Crippen LogP contribution in [0.3, 0.4) is 0 Å². The van der Waals surface area contributed by atoms with E-state index in [0.29, 0.717) is 5.56 Å². The number of nitrogens with two attached hydrogens (primary N) is 2. The first-order valence-corrected chi connectivity index (χ1v) is 9.37. The van der Waals surface area contributed by atoms with Crippen LogP contribution < -0.4 is 27.4 Å². The third kappa shape index (κ3) is 8.80. The Morgan fingerprint density at radius 3 is 2.03 bits per heavy atom. The Hall–Kier alpha value is -3.51. The second-order valence-electron chi connectivity index (χ2n) is 6.84. The van der Waals surface area contributed by atoms with Crippen molar-refractivity contribution >= 4 is 29.6 Å². The normalized spacial score (nSPS) is 14.4. The number of hydrogen-bond donors (Lipinski definition) is 7. The summed E-state index contributed by atoms with van der Waals surface area (Å²) in [5.74, 6) is -4.74. The molecule has 170 valence electrons. The minimum atomic E-state index is -1.43. The molecule has 0 aliphatic rings. The van der Waals surface area contributed by atoms with Gasteiger partial charge in [-0.3, -0.25) is 19.2 Å². The van der Waals surface area contributed by atoms with E-state index in [1.165, 1.54) is 6.92 Å². The van der Waals surface area contributed by atoms with E-state index < -0.39 is 66.8 Å². The quantitative estimate of drug-likeness (QED) is 0.178. The van der Waals surface area contributed by atoms with E-state index >= 15 is 0 Å². The summed E-state index contributed by atoms with van der Waals surface area (Å²) in [6.45, 7) is 0.616. The smallest absolute Gasteiger partial charge is 0.326 e. The molecule has 1 aromatic rings. The molecule has 1 rings (SSSR count). The van der Waals surface area contributed by atoms with Crippen molar-refractivity contribution in [3.8, 4) is 0 Å². The molecule has 9 N–H and O–H groups in total. The van der Waals surface area contributed by atoms with Gasteiger partial charge in [0.05, 0.1) is 13.0 Å². The number of rotatable bonds is 12. The largest absolute Gasteiger partial charge is 0.480 e. The Kier molecular flexibility index (Phi) is 10.1. The number of primary amides is 1. The fraction of sp³-hybridized carbons (Fsp3) is 0.421. The molecule has 1 aromatic carbocycles. The fourth-order valence-electron chi connectivity index (χ4n) is 2.50. The molecule has 0 saturated carbocycles. The number of aliphatic hydroxyl groups is 1. The second kappa shape index (κ2) is 12.2. The van der Waals surface area contributed by atoms with Crippen molar-refractivity contribution in [3.05, 3.63) is 35.9 Å². The zero-order valence-corrected chi connectivity index (χ0v) is 16.9. The van der Waals surface area contributed by atoms with Crippen molar-refractivity contribution in [1.29, 1.82) is 0 Å². The third-order valence-corrected chi connectivity index (χ3v) is 4.22. The van der Waals surface area contributed by atoms with Crippen LogP contribution in [0.4, 0.5) is 0 Å². The van der Waals surface area contributed by atoms with E-state index in [2.05, 4.69) is 16.0 Å². The number of benzene rings is 1. The van der Waals surface area contributed by atoms with Crippen molar-refractivity contribution in [2.24, 2.45) is 11.5 Å². The van der Waals surface area contributed by atoms with Gasteiger partial charge in [-0.2, -0.15) is 0 Å². The molecule has 0 fully saturated rings. The Balaban J connectivity index is 2.77. The maximum atomic E-state index is 12.4.